The highest BCUT2D eigenvalue weighted by atomic mass is 35.5. The Hall–Kier alpha value is -0.870. The molecule has 0 aliphatic carbocycles. The predicted molar refractivity (Wildman–Crippen MR) is 60.5 cm³/mol. The summed E-state index contributed by atoms with van der Waals surface area (Å²) in [6, 6.07) is 1.58. The predicted octanol–water partition coefficient (Wildman–Crippen LogP) is 3.80. The smallest absolute Gasteiger partial charge is 0.185 e. The average Bonchev–Trinajstić information content (AvgIpc) is 2.53. The number of benzene rings is 1. The largest absolute Gasteiger partial charge is 0.488 e. The van der Waals surface area contributed by atoms with Gasteiger partial charge in [-0.15, -0.1) is 11.3 Å². The molecule has 2 nitrogen and oxygen atoms in total. The van der Waals surface area contributed by atoms with E-state index in [2.05, 4.69) is 4.98 Å². The van der Waals surface area contributed by atoms with Crippen LogP contribution in [0.5, 0.6) is 5.75 Å². The van der Waals surface area contributed by atoms with Crippen LogP contribution in [0.25, 0.3) is 10.2 Å². The number of halogens is 2. The van der Waals surface area contributed by atoms with Crippen LogP contribution >= 0.6 is 22.9 Å². The maximum Gasteiger partial charge on any atom is 0.185 e. The Balaban J connectivity index is 2.76. The van der Waals surface area contributed by atoms with Crippen LogP contribution in [-0.2, 0) is 0 Å². The summed E-state index contributed by atoms with van der Waals surface area (Å²) in [4.78, 5) is 4.23. The number of thiazole rings is 1. The van der Waals surface area contributed by atoms with Crippen molar-refractivity contribution in [3.05, 3.63) is 21.9 Å². The lowest BCUT2D eigenvalue weighted by molar-refractivity contribution is 0.325. The van der Waals surface area contributed by atoms with Crippen LogP contribution in [0.1, 0.15) is 11.9 Å². The molecule has 1 aromatic heterocycles. The van der Waals surface area contributed by atoms with Crippen LogP contribution in [0, 0.1) is 12.7 Å². The first-order valence-electron chi connectivity index (χ1n) is 4.51. The molecule has 0 spiro atoms. The van der Waals surface area contributed by atoms with E-state index in [1.807, 2.05) is 6.92 Å². The van der Waals surface area contributed by atoms with Gasteiger partial charge in [0.05, 0.1) is 21.3 Å². The number of aryl methyl sites for hydroxylation is 1. The molecule has 15 heavy (non-hydrogen) atoms. The fourth-order valence-corrected chi connectivity index (χ4v) is 2.50. The highest BCUT2D eigenvalue weighted by Gasteiger charge is 2.16. The van der Waals surface area contributed by atoms with Gasteiger partial charge in [-0.05, 0) is 19.9 Å². The van der Waals surface area contributed by atoms with E-state index in [0.29, 0.717) is 12.1 Å². The molecule has 0 bridgehead atoms. The van der Waals surface area contributed by atoms with Crippen LogP contribution in [0.4, 0.5) is 4.39 Å². The van der Waals surface area contributed by atoms with E-state index in [9.17, 15) is 4.39 Å². The molecule has 0 fully saturated rings. The molecular formula is C10H9ClFNOS. The minimum absolute atomic E-state index is 0.0783. The first-order chi connectivity index (χ1) is 7.13. The first kappa shape index (κ1) is 10.6. The third kappa shape index (κ3) is 1.79. The third-order valence-corrected chi connectivity index (χ3v) is 3.12. The number of fused-ring (bicyclic) bond motifs is 1. The molecular weight excluding hydrogens is 237 g/mol. The maximum absolute atomic E-state index is 13.6. The average molecular weight is 246 g/mol. The van der Waals surface area contributed by atoms with Crippen LogP contribution in [0.3, 0.4) is 0 Å². The summed E-state index contributed by atoms with van der Waals surface area (Å²) in [7, 11) is 0. The molecule has 0 unspecified atom stereocenters. The van der Waals surface area contributed by atoms with Gasteiger partial charge in [0.1, 0.15) is 5.52 Å². The minimum atomic E-state index is -0.531. The van der Waals surface area contributed by atoms with E-state index in [1.165, 1.54) is 11.3 Å². The fraction of sp³-hybridized carbons (Fsp3) is 0.300. The Morgan fingerprint density at radius 1 is 1.60 bits per heavy atom. The van der Waals surface area contributed by atoms with Crippen molar-refractivity contribution in [1.29, 1.82) is 0 Å². The molecule has 2 aromatic rings. The van der Waals surface area contributed by atoms with Crippen molar-refractivity contribution in [2.75, 3.05) is 6.61 Å². The number of hydrogen-bond acceptors (Lipinski definition) is 3. The molecule has 1 aromatic carbocycles. The van der Waals surface area contributed by atoms with Gasteiger partial charge in [0.25, 0.3) is 0 Å². The SMILES string of the molecule is CCOc1c(F)c(Cl)cc2sc(C)nc12. The minimum Gasteiger partial charge on any atom is -0.488 e. The van der Waals surface area contributed by atoms with Gasteiger partial charge in [0.2, 0.25) is 0 Å². The normalized spacial score (nSPS) is 10.9. The zero-order valence-electron chi connectivity index (χ0n) is 8.30. The van der Waals surface area contributed by atoms with E-state index in [-0.39, 0.29) is 10.8 Å². The molecule has 5 heteroatoms. The van der Waals surface area contributed by atoms with Crippen LogP contribution < -0.4 is 4.74 Å². The molecule has 0 radical (unpaired) electrons. The van der Waals surface area contributed by atoms with Gasteiger partial charge >= 0.3 is 0 Å². The van der Waals surface area contributed by atoms with E-state index in [4.69, 9.17) is 16.3 Å². The molecule has 0 saturated heterocycles. The topological polar surface area (TPSA) is 22.1 Å². The molecule has 1 heterocycles. The number of rotatable bonds is 2. The zero-order chi connectivity index (χ0) is 11.0. The Labute approximate surface area is 95.7 Å². The van der Waals surface area contributed by atoms with Gasteiger partial charge in [-0.25, -0.2) is 9.37 Å². The molecule has 0 N–H and O–H groups in total. The lowest BCUT2D eigenvalue weighted by atomic mass is 10.3. The maximum atomic E-state index is 13.6. The summed E-state index contributed by atoms with van der Waals surface area (Å²) < 4.78 is 19.7. The van der Waals surface area contributed by atoms with Crippen molar-refractivity contribution in [3.63, 3.8) is 0 Å². The highest BCUT2D eigenvalue weighted by Crippen LogP contribution is 2.36. The number of nitrogens with zero attached hydrogens (tertiary/aromatic N) is 1. The van der Waals surface area contributed by atoms with E-state index >= 15 is 0 Å². The van der Waals surface area contributed by atoms with Crippen molar-refractivity contribution < 1.29 is 9.13 Å². The molecule has 0 atom stereocenters. The zero-order valence-corrected chi connectivity index (χ0v) is 9.88. The lowest BCUT2D eigenvalue weighted by Crippen LogP contribution is -1.96. The van der Waals surface area contributed by atoms with E-state index in [1.54, 1.807) is 13.0 Å². The third-order valence-electron chi connectivity index (χ3n) is 1.93. The second-order valence-electron chi connectivity index (χ2n) is 3.01. The van der Waals surface area contributed by atoms with Crippen LogP contribution in [0.2, 0.25) is 5.02 Å². The monoisotopic (exact) mass is 245 g/mol. The quantitative estimate of drug-likeness (QED) is 0.803. The summed E-state index contributed by atoms with van der Waals surface area (Å²) in [6.07, 6.45) is 0. The van der Waals surface area contributed by atoms with Gasteiger partial charge in [0, 0.05) is 0 Å². The van der Waals surface area contributed by atoms with Gasteiger partial charge < -0.3 is 4.74 Å². The molecule has 0 aliphatic heterocycles. The van der Waals surface area contributed by atoms with Crippen molar-refractivity contribution in [3.8, 4) is 5.75 Å². The van der Waals surface area contributed by atoms with Gasteiger partial charge in [0.15, 0.2) is 11.6 Å². The summed E-state index contributed by atoms with van der Waals surface area (Å²) >= 11 is 7.23. The van der Waals surface area contributed by atoms with Crippen molar-refractivity contribution >= 4 is 33.2 Å². The number of ether oxygens (including phenoxy) is 1. The van der Waals surface area contributed by atoms with Gasteiger partial charge in [-0.2, -0.15) is 0 Å². The van der Waals surface area contributed by atoms with Crippen LogP contribution in [0.15, 0.2) is 6.07 Å². The molecule has 2 rings (SSSR count). The highest BCUT2D eigenvalue weighted by molar-refractivity contribution is 7.18. The second-order valence-corrected chi connectivity index (χ2v) is 4.66. The molecule has 80 valence electrons. The Bertz CT molecular complexity index is 512. The molecule has 0 aliphatic rings. The summed E-state index contributed by atoms with van der Waals surface area (Å²) in [6.45, 7) is 4.06. The van der Waals surface area contributed by atoms with Gasteiger partial charge in [-0.1, -0.05) is 11.6 Å². The van der Waals surface area contributed by atoms with Crippen LogP contribution in [-0.4, -0.2) is 11.6 Å². The van der Waals surface area contributed by atoms with E-state index in [0.717, 1.165) is 9.71 Å². The van der Waals surface area contributed by atoms with Crippen molar-refractivity contribution in [1.82, 2.24) is 4.98 Å². The first-order valence-corrected chi connectivity index (χ1v) is 5.71. The Kier molecular flexibility index (Phi) is 2.80. The summed E-state index contributed by atoms with van der Waals surface area (Å²) in [5.41, 5.74) is 0.557. The van der Waals surface area contributed by atoms with E-state index < -0.39 is 5.82 Å². The number of hydrogen-bond donors (Lipinski definition) is 0. The Morgan fingerprint density at radius 3 is 3.00 bits per heavy atom. The molecule has 0 amide bonds. The summed E-state index contributed by atoms with van der Waals surface area (Å²) in [5, 5.41) is 0.946. The van der Waals surface area contributed by atoms with Crippen molar-refractivity contribution in [2.45, 2.75) is 13.8 Å². The lowest BCUT2D eigenvalue weighted by Gasteiger charge is -2.06. The Morgan fingerprint density at radius 2 is 2.33 bits per heavy atom. The molecule has 0 saturated carbocycles. The second kappa shape index (κ2) is 3.94. The number of aromatic nitrogens is 1. The fourth-order valence-electron chi connectivity index (χ4n) is 1.37. The van der Waals surface area contributed by atoms with Gasteiger partial charge in [-0.3, -0.25) is 0 Å². The summed E-state index contributed by atoms with van der Waals surface area (Å²) in [5.74, 6) is -0.374. The van der Waals surface area contributed by atoms with Crippen molar-refractivity contribution in [2.24, 2.45) is 0 Å². The standard InChI is InChI=1S/C10H9ClFNOS/c1-3-14-10-8(12)6(11)4-7-9(10)13-5(2)15-7/h4H,3H2,1-2H3.